The van der Waals surface area contributed by atoms with Gasteiger partial charge < -0.3 is 5.11 Å². The third-order valence-corrected chi connectivity index (χ3v) is 8.27. The average molecular weight is 507 g/mol. The molecule has 2 fully saturated rings. The molecule has 1 saturated carbocycles. The molecular formula is C31H36F2N2O2. The van der Waals surface area contributed by atoms with Crippen LogP contribution in [-0.4, -0.2) is 47.3 Å². The molecular weight excluding hydrogens is 470 g/mol. The molecule has 1 saturated heterocycles. The van der Waals surface area contributed by atoms with Crippen molar-refractivity contribution in [2.45, 2.75) is 58.3 Å². The summed E-state index contributed by atoms with van der Waals surface area (Å²) in [6.45, 7) is 4.33. The standard InChI is InChI=1S/C31H36F2N2O2/c1-20-6-8-23(9-7-20)26-5-2-4-24-16-25(31(36)37)10-11-27(24)29(26)30-28(33)15-21(17-34-30)14-22-18-35(19-22)13-3-12-32/h10-11,14-17,20,23H,2-9,12-13,18-19H2,1H3,(H,36,37). The Morgan fingerprint density at radius 2 is 1.95 bits per heavy atom. The minimum absolute atomic E-state index is 0.268. The van der Waals surface area contributed by atoms with Gasteiger partial charge in [0.15, 0.2) is 0 Å². The minimum atomic E-state index is -0.944. The van der Waals surface area contributed by atoms with Crippen molar-refractivity contribution in [3.8, 4) is 0 Å². The quantitative estimate of drug-likeness (QED) is 0.442. The molecule has 0 atom stereocenters. The van der Waals surface area contributed by atoms with Crippen molar-refractivity contribution in [1.29, 1.82) is 0 Å². The number of fused-ring (bicyclic) bond motifs is 1. The summed E-state index contributed by atoms with van der Waals surface area (Å²) < 4.78 is 28.2. The third kappa shape index (κ3) is 5.69. The molecule has 0 unspecified atom stereocenters. The Morgan fingerprint density at radius 1 is 1.16 bits per heavy atom. The van der Waals surface area contributed by atoms with Crippen LogP contribution >= 0.6 is 0 Å². The van der Waals surface area contributed by atoms with E-state index in [1.54, 1.807) is 24.4 Å². The van der Waals surface area contributed by atoms with Crippen molar-refractivity contribution in [3.05, 3.63) is 75.4 Å². The fourth-order valence-electron chi connectivity index (χ4n) is 6.25. The monoisotopic (exact) mass is 506 g/mol. The zero-order chi connectivity index (χ0) is 25.9. The van der Waals surface area contributed by atoms with Crippen LogP contribution in [0.2, 0.25) is 0 Å². The van der Waals surface area contributed by atoms with Gasteiger partial charge in [0.1, 0.15) is 11.5 Å². The van der Waals surface area contributed by atoms with Crippen molar-refractivity contribution < 1.29 is 18.7 Å². The summed E-state index contributed by atoms with van der Waals surface area (Å²) in [7, 11) is 0. The van der Waals surface area contributed by atoms with Gasteiger partial charge in [0, 0.05) is 31.4 Å². The Kier molecular flexibility index (Phi) is 7.84. The van der Waals surface area contributed by atoms with Gasteiger partial charge in [-0.25, -0.2) is 9.18 Å². The fourth-order valence-corrected chi connectivity index (χ4v) is 6.25. The van der Waals surface area contributed by atoms with Crippen LogP contribution in [-0.2, 0) is 6.42 Å². The van der Waals surface area contributed by atoms with Crippen molar-refractivity contribution in [1.82, 2.24) is 9.88 Å². The smallest absolute Gasteiger partial charge is 0.335 e. The second-order valence-corrected chi connectivity index (χ2v) is 11.0. The lowest BCUT2D eigenvalue weighted by molar-refractivity contribution is 0.0696. The lowest BCUT2D eigenvalue weighted by Crippen LogP contribution is -2.40. The molecule has 4 nitrogen and oxygen atoms in total. The highest BCUT2D eigenvalue weighted by Gasteiger charge is 2.29. The Bertz CT molecular complexity index is 1220. The van der Waals surface area contributed by atoms with Gasteiger partial charge in [0.2, 0.25) is 0 Å². The van der Waals surface area contributed by atoms with Crippen LogP contribution in [0.4, 0.5) is 8.78 Å². The summed E-state index contributed by atoms with van der Waals surface area (Å²) in [6, 6.07) is 6.83. The molecule has 2 aromatic rings. The molecule has 5 rings (SSSR count). The van der Waals surface area contributed by atoms with E-state index in [4.69, 9.17) is 0 Å². The Labute approximate surface area is 218 Å². The second-order valence-electron chi connectivity index (χ2n) is 11.0. The number of carboxylic acid groups (broad SMARTS) is 1. The highest BCUT2D eigenvalue weighted by Crippen LogP contribution is 2.43. The number of rotatable bonds is 7. The zero-order valence-electron chi connectivity index (χ0n) is 21.6. The van der Waals surface area contributed by atoms with E-state index < -0.39 is 5.97 Å². The molecule has 0 bridgehead atoms. The van der Waals surface area contributed by atoms with Crippen LogP contribution in [0.3, 0.4) is 0 Å². The molecule has 0 spiro atoms. The highest BCUT2D eigenvalue weighted by atomic mass is 19.1. The molecule has 2 aliphatic carbocycles. The van der Waals surface area contributed by atoms with E-state index in [2.05, 4.69) is 16.8 Å². The molecule has 1 N–H and O–H groups in total. The van der Waals surface area contributed by atoms with E-state index in [1.807, 2.05) is 12.1 Å². The Hall–Kier alpha value is -2.86. The van der Waals surface area contributed by atoms with E-state index >= 15 is 4.39 Å². The summed E-state index contributed by atoms with van der Waals surface area (Å²) in [4.78, 5) is 18.5. The molecule has 0 radical (unpaired) electrons. The first-order valence-electron chi connectivity index (χ1n) is 13.7. The number of alkyl halides is 1. The predicted molar refractivity (Wildman–Crippen MR) is 143 cm³/mol. The molecule has 3 aliphatic rings. The summed E-state index contributed by atoms with van der Waals surface area (Å²) in [5.41, 5.74) is 6.63. The minimum Gasteiger partial charge on any atom is -0.478 e. The SMILES string of the molecule is CC1CCC(C2=C(c3ncc(C=C4CN(CCCF)C4)cc3F)c3ccc(C(=O)O)cc3CCC2)CC1. The molecule has 1 aromatic heterocycles. The van der Waals surface area contributed by atoms with E-state index in [0.717, 1.165) is 79.9 Å². The number of pyridine rings is 1. The van der Waals surface area contributed by atoms with Crippen molar-refractivity contribution in [2.75, 3.05) is 26.3 Å². The van der Waals surface area contributed by atoms with Gasteiger partial charge in [0.05, 0.1) is 12.2 Å². The maximum absolute atomic E-state index is 15.8. The van der Waals surface area contributed by atoms with Gasteiger partial charge >= 0.3 is 5.97 Å². The van der Waals surface area contributed by atoms with Gasteiger partial charge in [-0.1, -0.05) is 37.5 Å². The molecule has 2 heterocycles. The van der Waals surface area contributed by atoms with Gasteiger partial charge in [-0.2, -0.15) is 0 Å². The summed E-state index contributed by atoms with van der Waals surface area (Å²) in [5.74, 6) is -0.155. The normalized spacial score (nSPS) is 22.3. The lowest BCUT2D eigenvalue weighted by atomic mass is 9.75. The number of aromatic nitrogens is 1. The van der Waals surface area contributed by atoms with Crippen LogP contribution in [0, 0.1) is 17.7 Å². The van der Waals surface area contributed by atoms with Crippen molar-refractivity contribution >= 4 is 17.6 Å². The molecule has 6 heteroatoms. The number of carbonyl (C=O) groups is 1. The average Bonchev–Trinajstić information content (AvgIpc) is 3.05. The summed E-state index contributed by atoms with van der Waals surface area (Å²) in [6.07, 6.45) is 11.4. The topological polar surface area (TPSA) is 53.4 Å². The van der Waals surface area contributed by atoms with E-state index in [9.17, 15) is 14.3 Å². The first-order chi connectivity index (χ1) is 17.9. The van der Waals surface area contributed by atoms with E-state index in [0.29, 0.717) is 18.0 Å². The maximum atomic E-state index is 15.8. The van der Waals surface area contributed by atoms with E-state index in [-0.39, 0.29) is 18.1 Å². The Morgan fingerprint density at radius 3 is 2.65 bits per heavy atom. The number of nitrogens with zero attached hydrogens (tertiary/aromatic N) is 2. The third-order valence-electron chi connectivity index (χ3n) is 8.27. The number of halogens is 2. The number of aromatic carboxylic acids is 1. The number of hydrogen-bond acceptors (Lipinski definition) is 3. The summed E-state index contributed by atoms with van der Waals surface area (Å²) >= 11 is 0. The van der Waals surface area contributed by atoms with Crippen LogP contribution in [0.5, 0.6) is 0 Å². The van der Waals surface area contributed by atoms with Crippen LogP contribution < -0.4 is 0 Å². The number of likely N-dealkylation sites (tertiary alicyclic amines) is 1. The number of allylic oxidation sites excluding steroid dienone is 1. The number of hydrogen-bond donors (Lipinski definition) is 1. The van der Waals surface area contributed by atoms with Gasteiger partial charge in [-0.15, -0.1) is 0 Å². The highest BCUT2D eigenvalue weighted by molar-refractivity contribution is 5.90. The summed E-state index contributed by atoms with van der Waals surface area (Å²) in [5, 5.41) is 9.54. The van der Waals surface area contributed by atoms with Crippen molar-refractivity contribution in [3.63, 3.8) is 0 Å². The van der Waals surface area contributed by atoms with Crippen LogP contribution in [0.1, 0.15) is 84.6 Å². The van der Waals surface area contributed by atoms with Gasteiger partial charge in [0.25, 0.3) is 0 Å². The lowest BCUT2D eigenvalue weighted by Gasteiger charge is -2.33. The predicted octanol–water partition coefficient (Wildman–Crippen LogP) is 6.94. The molecule has 1 aliphatic heterocycles. The second kappa shape index (κ2) is 11.3. The first-order valence-corrected chi connectivity index (χ1v) is 13.7. The maximum Gasteiger partial charge on any atom is 0.335 e. The van der Waals surface area contributed by atoms with Crippen LogP contribution in [0.25, 0.3) is 11.6 Å². The van der Waals surface area contributed by atoms with E-state index in [1.165, 1.54) is 24.0 Å². The molecule has 1 aromatic carbocycles. The van der Waals surface area contributed by atoms with Crippen LogP contribution in [0.15, 0.2) is 41.6 Å². The Balaban J connectivity index is 1.52. The van der Waals surface area contributed by atoms with Gasteiger partial charge in [-0.3, -0.25) is 14.3 Å². The molecule has 37 heavy (non-hydrogen) atoms. The molecule has 0 amide bonds. The number of benzene rings is 1. The molecule has 196 valence electrons. The fraction of sp³-hybridized carbons (Fsp3) is 0.484. The zero-order valence-corrected chi connectivity index (χ0v) is 21.6. The number of carboxylic acids is 1. The van der Waals surface area contributed by atoms with Gasteiger partial charge in [-0.05, 0) is 90.8 Å². The first kappa shape index (κ1) is 25.8. The number of aryl methyl sites for hydroxylation is 1. The van der Waals surface area contributed by atoms with Crippen molar-refractivity contribution in [2.24, 2.45) is 11.8 Å². The largest absolute Gasteiger partial charge is 0.478 e.